The van der Waals surface area contributed by atoms with Gasteiger partial charge in [0.15, 0.2) is 5.69 Å². The zero-order valence-corrected chi connectivity index (χ0v) is 20.1. The third-order valence-corrected chi connectivity index (χ3v) is 5.96. The van der Waals surface area contributed by atoms with Crippen molar-refractivity contribution in [1.82, 2.24) is 29.8 Å². The highest BCUT2D eigenvalue weighted by atomic mass is 19.4. The van der Waals surface area contributed by atoms with Crippen molar-refractivity contribution in [2.45, 2.75) is 32.7 Å². The lowest BCUT2D eigenvalue weighted by atomic mass is 10.2. The summed E-state index contributed by atoms with van der Waals surface area (Å²) in [6, 6.07) is 10.9. The summed E-state index contributed by atoms with van der Waals surface area (Å²) in [6.45, 7) is 6.21. The Hall–Kier alpha value is -3.93. The van der Waals surface area contributed by atoms with Crippen molar-refractivity contribution in [2.75, 3.05) is 26.2 Å². The second-order valence-electron chi connectivity index (χ2n) is 8.73. The molecule has 37 heavy (non-hydrogen) atoms. The molecule has 0 saturated carbocycles. The normalized spacial score (nSPS) is 14.3. The number of aryl methyl sites for hydroxylation is 1. The fourth-order valence-corrected chi connectivity index (χ4v) is 4.07. The fourth-order valence-electron chi connectivity index (χ4n) is 4.07. The Kier molecular flexibility index (Phi) is 7.08. The maximum absolute atomic E-state index is 12.4. The molecule has 0 bridgehead atoms. The second kappa shape index (κ2) is 10.6. The Balaban J connectivity index is 1.20. The first kappa shape index (κ1) is 24.8. The Morgan fingerprint density at radius 1 is 1.05 bits per heavy atom. The minimum atomic E-state index is -4.75. The largest absolute Gasteiger partial charge is 0.573 e. The van der Waals surface area contributed by atoms with Crippen LogP contribution >= 0.6 is 0 Å². The van der Waals surface area contributed by atoms with Crippen molar-refractivity contribution in [3.05, 3.63) is 59.9 Å². The highest BCUT2D eigenvalue weighted by molar-refractivity contribution is 5.58. The third-order valence-electron chi connectivity index (χ3n) is 5.96. The number of pyridine rings is 1. The van der Waals surface area contributed by atoms with Gasteiger partial charge in [0.1, 0.15) is 12.4 Å². The molecule has 194 valence electrons. The molecular weight excluding hydrogens is 489 g/mol. The van der Waals surface area contributed by atoms with E-state index in [4.69, 9.17) is 9.26 Å². The Morgan fingerprint density at radius 3 is 2.54 bits per heavy atom. The van der Waals surface area contributed by atoms with Crippen LogP contribution in [-0.4, -0.2) is 62.4 Å². The van der Waals surface area contributed by atoms with Gasteiger partial charge in [-0.05, 0) is 68.8 Å². The average molecular weight is 515 g/mol. The summed E-state index contributed by atoms with van der Waals surface area (Å²) in [4.78, 5) is 11.1. The molecule has 1 aromatic carbocycles. The van der Waals surface area contributed by atoms with Gasteiger partial charge in [0, 0.05) is 30.1 Å². The van der Waals surface area contributed by atoms with E-state index >= 15 is 0 Å². The van der Waals surface area contributed by atoms with Gasteiger partial charge in [-0.15, -0.1) is 13.2 Å². The summed E-state index contributed by atoms with van der Waals surface area (Å²) < 4.78 is 53.9. The van der Waals surface area contributed by atoms with E-state index < -0.39 is 6.36 Å². The minimum absolute atomic E-state index is 0.201. The van der Waals surface area contributed by atoms with E-state index in [1.54, 1.807) is 10.9 Å². The van der Waals surface area contributed by atoms with Crippen molar-refractivity contribution in [1.29, 1.82) is 0 Å². The number of hydrogen-bond donors (Lipinski definition) is 0. The molecule has 1 fully saturated rings. The van der Waals surface area contributed by atoms with Gasteiger partial charge >= 0.3 is 6.36 Å². The predicted octanol–water partition coefficient (Wildman–Crippen LogP) is 4.73. The molecule has 9 nitrogen and oxygen atoms in total. The smallest absolute Gasteiger partial charge is 0.476 e. The molecule has 0 atom stereocenters. The van der Waals surface area contributed by atoms with Gasteiger partial charge in [-0.1, -0.05) is 11.2 Å². The number of nitrogens with zero attached hydrogens (tertiary/aromatic N) is 6. The number of benzene rings is 1. The SMILES string of the molecule is Cc1cc(-c2nc(-c3ccc(OC(F)(F)F)cc3)no2)nn1Cc1ccc(OCCN2CCCC2)nc1. The van der Waals surface area contributed by atoms with Crippen LogP contribution in [0.5, 0.6) is 11.6 Å². The first-order chi connectivity index (χ1) is 17.8. The van der Waals surface area contributed by atoms with Crippen molar-refractivity contribution >= 4 is 0 Å². The molecule has 0 spiro atoms. The van der Waals surface area contributed by atoms with E-state index in [1.807, 2.05) is 25.1 Å². The van der Waals surface area contributed by atoms with Crippen molar-refractivity contribution in [3.63, 3.8) is 0 Å². The number of ether oxygens (including phenoxy) is 2. The van der Waals surface area contributed by atoms with Crippen LogP contribution in [-0.2, 0) is 6.54 Å². The van der Waals surface area contributed by atoms with Crippen LogP contribution < -0.4 is 9.47 Å². The van der Waals surface area contributed by atoms with Gasteiger partial charge < -0.3 is 14.0 Å². The van der Waals surface area contributed by atoms with Crippen LogP contribution in [0.15, 0.2) is 53.2 Å². The van der Waals surface area contributed by atoms with E-state index in [2.05, 4.69) is 29.9 Å². The van der Waals surface area contributed by atoms with E-state index in [-0.39, 0.29) is 17.5 Å². The zero-order chi connectivity index (χ0) is 25.8. The molecule has 0 amide bonds. The molecular formula is C25H25F3N6O3. The van der Waals surface area contributed by atoms with Crippen LogP contribution in [0.1, 0.15) is 24.1 Å². The number of alkyl halides is 3. The molecule has 3 aromatic heterocycles. The van der Waals surface area contributed by atoms with Gasteiger partial charge in [-0.2, -0.15) is 10.1 Å². The average Bonchev–Trinajstić information content (AvgIpc) is 3.62. The van der Waals surface area contributed by atoms with Crippen molar-refractivity contribution in [3.8, 4) is 34.6 Å². The van der Waals surface area contributed by atoms with Gasteiger partial charge in [0.25, 0.3) is 5.89 Å². The van der Waals surface area contributed by atoms with Gasteiger partial charge in [-0.3, -0.25) is 9.58 Å². The molecule has 12 heteroatoms. The predicted molar refractivity (Wildman–Crippen MR) is 127 cm³/mol. The first-order valence-electron chi connectivity index (χ1n) is 11.9. The van der Waals surface area contributed by atoms with Crippen LogP contribution in [0.25, 0.3) is 23.0 Å². The highest BCUT2D eigenvalue weighted by Gasteiger charge is 2.31. The Labute approximate surface area is 210 Å². The molecule has 1 aliphatic rings. The van der Waals surface area contributed by atoms with Gasteiger partial charge in [0.05, 0.1) is 6.54 Å². The molecule has 4 heterocycles. The van der Waals surface area contributed by atoms with Crippen LogP contribution in [0, 0.1) is 6.92 Å². The first-order valence-corrected chi connectivity index (χ1v) is 11.9. The lowest BCUT2D eigenvalue weighted by Gasteiger charge is -2.14. The van der Waals surface area contributed by atoms with Crippen molar-refractivity contribution in [2.24, 2.45) is 0 Å². The number of aromatic nitrogens is 5. The lowest BCUT2D eigenvalue weighted by molar-refractivity contribution is -0.274. The lowest BCUT2D eigenvalue weighted by Crippen LogP contribution is -2.25. The van der Waals surface area contributed by atoms with Crippen LogP contribution in [0.2, 0.25) is 0 Å². The Bertz CT molecular complexity index is 1310. The van der Waals surface area contributed by atoms with Crippen LogP contribution in [0.3, 0.4) is 0 Å². The molecule has 0 aliphatic carbocycles. The molecule has 5 rings (SSSR count). The number of rotatable bonds is 9. The number of hydrogen-bond acceptors (Lipinski definition) is 8. The maximum atomic E-state index is 12.4. The second-order valence-corrected chi connectivity index (χ2v) is 8.73. The molecule has 1 aliphatic heterocycles. The third kappa shape index (κ3) is 6.45. The Morgan fingerprint density at radius 2 is 1.84 bits per heavy atom. The summed E-state index contributed by atoms with van der Waals surface area (Å²) in [7, 11) is 0. The van der Waals surface area contributed by atoms with E-state index in [9.17, 15) is 13.2 Å². The maximum Gasteiger partial charge on any atom is 0.573 e. The van der Waals surface area contributed by atoms with Crippen molar-refractivity contribution < 1.29 is 27.2 Å². The molecule has 1 saturated heterocycles. The fraction of sp³-hybridized carbons (Fsp3) is 0.360. The summed E-state index contributed by atoms with van der Waals surface area (Å²) in [5.41, 5.74) is 2.81. The molecule has 4 aromatic rings. The minimum Gasteiger partial charge on any atom is -0.476 e. The van der Waals surface area contributed by atoms with Gasteiger partial charge in [0.2, 0.25) is 11.7 Å². The van der Waals surface area contributed by atoms with Gasteiger partial charge in [-0.25, -0.2) is 4.98 Å². The van der Waals surface area contributed by atoms with E-state index in [0.29, 0.717) is 30.3 Å². The summed E-state index contributed by atoms with van der Waals surface area (Å²) in [6.07, 6.45) is -0.473. The monoisotopic (exact) mass is 514 g/mol. The molecule has 0 unspecified atom stereocenters. The quantitative estimate of drug-likeness (QED) is 0.317. The van der Waals surface area contributed by atoms with Crippen LogP contribution in [0.4, 0.5) is 13.2 Å². The molecule has 0 radical (unpaired) electrons. The molecule has 0 N–H and O–H groups in total. The summed E-state index contributed by atoms with van der Waals surface area (Å²) in [5, 5.41) is 8.49. The van der Waals surface area contributed by atoms with E-state index in [0.717, 1.165) is 30.9 Å². The standard InChI is InChI=1S/C25H25F3N6O3/c1-17-14-21(24-30-23(32-37-24)19-5-7-20(8-6-19)36-25(26,27)28)31-34(17)16-18-4-9-22(29-15-18)35-13-12-33-10-2-3-11-33/h4-9,14-15H,2-3,10-13,16H2,1H3. The number of halogens is 3. The highest BCUT2D eigenvalue weighted by Crippen LogP contribution is 2.27. The zero-order valence-electron chi connectivity index (χ0n) is 20.1. The topological polar surface area (TPSA) is 91.3 Å². The summed E-state index contributed by atoms with van der Waals surface area (Å²) >= 11 is 0. The number of likely N-dealkylation sites (tertiary alicyclic amines) is 1. The summed E-state index contributed by atoms with van der Waals surface area (Å²) in [5.74, 6) is 0.695. The van der Waals surface area contributed by atoms with E-state index in [1.165, 1.54) is 37.1 Å².